The van der Waals surface area contributed by atoms with Crippen molar-refractivity contribution in [3.8, 4) is 11.5 Å². The molecule has 28 heavy (non-hydrogen) atoms. The van der Waals surface area contributed by atoms with E-state index in [4.69, 9.17) is 32.7 Å². The summed E-state index contributed by atoms with van der Waals surface area (Å²) in [5.41, 5.74) is 1.48. The van der Waals surface area contributed by atoms with Gasteiger partial charge in [0.1, 0.15) is 0 Å². The van der Waals surface area contributed by atoms with E-state index in [0.717, 1.165) is 11.3 Å². The van der Waals surface area contributed by atoms with Crippen LogP contribution in [0.2, 0.25) is 10.0 Å². The van der Waals surface area contributed by atoms with E-state index in [9.17, 15) is 4.79 Å². The molecule has 7 heteroatoms. The van der Waals surface area contributed by atoms with Gasteiger partial charge in [0.05, 0.1) is 17.3 Å². The van der Waals surface area contributed by atoms with E-state index in [0.29, 0.717) is 34.7 Å². The van der Waals surface area contributed by atoms with E-state index < -0.39 is 0 Å². The molecule has 5 nitrogen and oxygen atoms in total. The zero-order chi connectivity index (χ0) is 20.7. The Kier molecular flexibility index (Phi) is 7.84. The molecular weight excluding hydrogens is 399 g/mol. The van der Waals surface area contributed by atoms with Crippen molar-refractivity contribution in [2.24, 2.45) is 0 Å². The fourth-order valence-electron chi connectivity index (χ4n) is 2.48. The molecule has 2 rings (SSSR count). The summed E-state index contributed by atoms with van der Waals surface area (Å²) in [6.07, 6.45) is 0. The van der Waals surface area contributed by atoms with Gasteiger partial charge in [0.15, 0.2) is 18.1 Å². The normalized spacial score (nSPS) is 11.1. The first-order valence-electron chi connectivity index (χ1n) is 9.06. The average molecular weight is 425 g/mol. The summed E-state index contributed by atoms with van der Waals surface area (Å²) in [6, 6.07) is 10.9. The fourth-order valence-corrected chi connectivity index (χ4v) is 2.95. The molecule has 0 aromatic heterocycles. The number of hydrogen-bond donors (Lipinski definition) is 2. The number of carbonyl (C=O) groups is 1. The summed E-state index contributed by atoms with van der Waals surface area (Å²) in [7, 11) is 0. The number of anilines is 1. The van der Waals surface area contributed by atoms with Crippen LogP contribution in [-0.4, -0.2) is 24.7 Å². The summed E-state index contributed by atoms with van der Waals surface area (Å²) in [5, 5.41) is 7.28. The lowest BCUT2D eigenvalue weighted by Crippen LogP contribution is -2.43. The number of benzene rings is 2. The summed E-state index contributed by atoms with van der Waals surface area (Å²) in [5.74, 6) is 0.935. The predicted molar refractivity (Wildman–Crippen MR) is 115 cm³/mol. The van der Waals surface area contributed by atoms with Gasteiger partial charge in [-0.05, 0) is 63.6 Å². The van der Waals surface area contributed by atoms with Gasteiger partial charge >= 0.3 is 0 Å². The molecule has 0 aliphatic carbocycles. The molecule has 0 saturated carbocycles. The summed E-state index contributed by atoms with van der Waals surface area (Å²) in [6.45, 7) is 8.63. The number of halogens is 2. The van der Waals surface area contributed by atoms with Gasteiger partial charge in [0.2, 0.25) is 0 Å². The molecule has 0 fully saturated rings. The molecule has 0 bridgehead atoms. The Morgan fingerprint density at radius 3 is 2.43 bits per heavy atom. The van der Waals surface area contributed by atoms with Gasteiger partial charge in [-0.2, -0.15) is 0 Å². The Balaban J connectivity index is 2.03. The van der Waals surface area contributed by atoms with Crippen LogP contribution in [0.1, 0.15) is 33.3 Å². The molecule has 0 aliphatic heterocycles. The number of amides is 1. The summed E-state index contributed by atoms with van der Waals surface area (Å²) < 4.78 is 11.3. The maximum absolute atomic E-state index is 12.0. The third-order valence-electron chi connectivity index (χ3n) is 3.60. The molecule has 0 spiro atoms. The van der Waals surface area contributed by atoms with Gasteiger partial charge in [-0.15, -0.1) is 0 Å². The Bertz CT molecular complexity index is 820. The van der Waals surface area contributed by atoms with Gasteiger partial charge in [0, 0.05) is 17.1 Å². The maximum atomic E-state index is 12.0. The van der Waals surface area contributed by atoms with Crippen LogP contribution in [-0.2, 0) is 11.3 Å². The van der Waals surface area contributed by atoms with Crippen molar-refractivity contribution in [1.82, 2.24) is 5.32 Å². The predicted octanol–water partition coefficient (Wildman–Crippen LogP) is 5.30. The molecule has 152 valence electrons. The molecule has 2 aromatic carbocycles. The van der Waals surface area contributed by atoms with E-state index in [-0.39, 0.29) is 18.1 Å². The third kappa shape index (κ3) is 7.13. The number of nitrogens with one attached hydrogen (secondary N) is 2. The molecule has 0 aliphatic rings. The topological polar surface area (TPSA) is 59.6 Å². The number of ether oxygens (including phenoxy) is 2. The van der Waals surface area contributed by atoms with Crippen molar-refractivity contribution in [2.75, 3.05) is 18.5 Å². The quantitative estimate of drug-likeness (QED) is 0.603. The molecule has 1 amide bonds. The second kappa shape index (κ2) is 9.89. The lowest BCUT2D eigenvalue weighted by Gasteiger charge is -2.21. The second-order valence-corrected chi connectivity index (χ2v) is 8.12. The van der Waals surface area contributed by atoms with E-state index in [1.807, 2.05) is 45.9 Å². The van der Waals surface area contributed by atoms with Crippen molar-refractivity contribution in [3.05, 3.63) is 52.0 Å². The van der Waals surface area contributed by atoms with E-state index in [1.165, 1.54) is 0 Å². The molecule has 0 saturated heterocycles. The van der Waals surface area contributed by atoms with Crippen LogP contribution in [0, 0.1) is 0 Å². The zero-order valence-electron chi connectivity index (χ0n) is 16.6. The monoisotopic (exact) mass is 424 g/mol. The highest BCUT2D eigenvalue weighted by molar-refractivity contribution is 6.36. The first kappa shape index (κ1) is 22.2. The highest BCUT2D eigenvalue weighted by Crippen LogP contribution is 2.30. The van der Waals surface area contributed by atoms with Crippen LogP contribution in [0.3, 0.4) is 0 Å². The molecule has 0 unspecified atom stereocenters. The second-order valence-electron chi connectivity index (χ2n) is 7.28. The molecule has 2 aromatic rings. The van der Waals surface area contributed by atoms with Gasteiger partial charge in [-0.3, -0.25) is 4.79 Å². The van der Waals surface area contributed by atoms with Crippen molar-refractivity contribution < 1.29 is 14.3 Å². The van der Waals surface area contributed by atoms with Gasteiger partial charge in [-0.1, -0.05) is 29.3 Å². The Morgan fingerprint density at radius 1 is 1.04 bits per heavy atom. The van der Waals surface area contributed by atoms with Crippen LogP contribution in [0.4, 0.5) is 5.69 Å². The number of rotatable bonds is 8. The SMILES string of the molecule is CCOc1cc(CNc2ccc(Cl)cc2Cl)ccc1OCC(=O)NC(C)(C)C. The average Bonchev–Trinajstić information content (AvgIpc) is 2.59. The minimum absolute atomic E-state index is 0.0741. The molecule has 0 atom stereocenters. The molecule has 2 N–H and O–H groups in total. The Labute approximate surface area is 176 Å². The maximum Gasteiger partial charge on any atom is 0.258 e. The van der Waals surface area contributed by atoms with E-state index >= 15 is 0 Å². The first-order valence-corrected chi connectivity index (χ1v) is 9.82. The third-order valence-corrected chi connectivity index (χ3v) is 4.14. The van der Waals surface area contributed by atoms with Gasteiger partial charge in [0.25, 0.3) is 5.91 Å². The molecule has 0 radical (unpaired) electrons. The first-order chi connectivity index (χ1) is 13.2. The van der Waals surface area contributed by atoms with Crippen LogP contribution in [0.25, 0.3) is 0 Å². The molecular formula is C21H26Cl2N2O3. The fraction of sp³-hybridized carbons (Fsp3) is 0.381. The van der Waals surface area contributed by atoms with Crippen LogP contribution >= 0.6 is 23.2 Å². The highest BCUT2D eigenvalue weighted by atomic mass is 35.5. The number of carbonyl (C=O) groups excluding carboxylic acids is 1. The van der Waals surface area contributed by atoms with Crippen molar-refractivity contribution in [1.29, 1.82) is 0 Å². The Morgan fingerprint density at radius 2 is 1.79 bits per heavy atom. The van der Waals surface area contributed by atoms with E-state index in [2.05, 4.69) is 10.6 Å². The Hall–Kier alpha value is -2.11. The van der Waals surface area contributed by atoms with Gasteiger partial charge in [-0.25, -0.2) is 0 Å². The summed E-state index contributed by atoms with van der Waals surface area (Å²) in [4.78, 5) is 12.0. The van der Waals surface area contributed by atoms with Crippen molar-refractivity contribution >= 4 is 34.8 Å². The lowest BCUT2D eigenvalue weighted by molar-refractivity contribution is -0.124. The number of hydrogen-bond acceptors (Lipinski definition) is 4. The van der Waals surface area contributed by atoms with Crippen LogP contribution in [0.5, 0.6) is 11.5 Å². The molecule has 0 heterocycles. The van der Waals surface area contributed by atoms with Crippen molar-refractivity contribution in [3.63, 3.8) is 0 Å². The zero-order valence-corrected chi connectivity index (χ0v) is 18.1. The van der Waals surface area contributed by atoms with Crippen LogP contribution in [0.15, 0.2) is 36.4 Å². The minimum Gasteiger partial charge on any atom is -0.490 e. The smallest absolute Gasteiger partial charge is 0.258 e. The van der Waals surface area contributed by atoms with E-state index in [1.54, 1.807) is 18.2 Å². The standard InChI is InChI=1S/C21H26Cl2N2O3/c1-5-27-19-10-14(12-24-17-8-7-15(22)11-16(17)23)6-9-18(19)28-13-20(26)25-21(2,3)4/h6-11,24H,5,12-13H2,1-4H3,(H,25,26). The van der Waals surface area contributed by atoms with Crippen molar-refractivity contribution in [2.45, 2.75) is 39.8 Å². The largest absolute Gasteiger partial charge is 0.490 e. The van der Waals surface area contributed by atoms with Gasteiger partial charge < -0.3 is 20.1 Å². The highest BCUT2D eigenvalue weighted by Gasteiger charge is 2.15. The summed E-state index contributed by atoms with van der Waals surface area (Å²) >= 11 is 12.1. The minimum atomic E-state index is -0.304. The lowest BCUT2D eigenvalue weighted by atomic mass is 10.1. The van der Waals surface area contributed by atoms with Crippen LogP contribution < -0.4 is 20.1 Å².